The highest BCUT2D eigenvalue weighted by Gasteiger charge is 2.30. The number of hydrogen-bond acceptors (Lipinski definition) is 5. The molecule has 1 saturated heterocycles. The molecule has 5 nitrogen and oxygen atoms in total. The van der Waals surface area contributed by atoms with Crippen molar-refractivity contribution < 1.29 is 18.3 Å². The number of rotatable bonds is 3. The van der Waals surface area contributed by atoms with Gasteiger partial charge in [0.15, 0.2) is 0 Å². The van der Waals surface area contributed by atoms with E-state index in [0.717, 1.165) is 4.88 Å². The summed E-state index contributed by atoms with van der Waals surface area (Å²) in [6.07, 6.45) is 0.619. The molecule has 2 heterocycles. The first kappa shape index (κ1) is 14.9. The molecule has 1 fully saturated rings. The molecule has 1 aliphatic heterocycles. The number of nitrogens with zero attached hydrogens (tertiary/aromatic N) is 1. The minimum Gasteiger partial charge on any atom is -0.391 e. The van der Waals surface area contributed by atoms with E-state index >= 15 is 0 Å². The van der Waals surface area contributed by atoms with Crippen molar-refractivity contribution in [3.8, 4) is 0 Å². The van der Waals surface area contributed by atoms with Crippen LogP contribution in [0.1, 0.15) is 23.1 Å². The maximum atomic E-state index is 12.6. The van der Waals surface area contributed by atoms with Crippen LogP contribution in [-0.4, -0.2) is 43.6 Å². The molecule has 0 aromatic carbocycles. The fourth-order valence-electron chi connectivity index (χ4n) is 2.17. The van der Waals surface area contributed by atoms with Crippen LogP contribution in [0.25, 0.3) is 0 Å². The van der Waals surface area contributed by atoms with Gasteiger partial charge < -0.3 is 9.84 Å². The first-order valence-electron chi connectivity index (χ1n) is 6.27. The van der Waals surface area contributed by atoms with E-state index in [4.69, 9.17) is 9.84 Å². The van der Waals surface area contributed by atoms with Gasteiger partial charge in [0.1, 0.15) is 0 Å². The largest absolute Gasteiger partial charge is 0.391 e. The third-order valence-electron chi connectivity index (χ3n) is 3.11. The Labute approximate surface area is 117 Å². The number of aryl methyl sites for hydroxylation is 1. The average Bonchev–Trinajstić information content (AvgIpc) is 2.60. The molecule has 1 N–H and O–H groups in total. The number of aliphatic hydroxyl groups excluding tert-OH is 1. The van der Waals surface area contributed by atoms with E-state index in [0.29, 0.717) is 35.9 Å². The third-order valence-corrected chi connectivity index (χ3v) is 6.27. The Hall–Kier alpha value is -0.470. The number of ether oxygens (including phenoxy) is 1. The zero-order chi connectivity index (χ0) is 14.0. The summed E-state index contributed by atoms with van der Waals surface area (Å²) < 4.78 is 32.2. The van der Waals surface area contributed by atoms with Gasteiger partial charge in [-0.1, -0.05) is 0 Å². The SMILES string of the molecule is Cc1sc(CO)cc1S(=O)(=O)N1CCCOC(C)C1. The monoisotopic (exact) mass is 305 g/mol. The summed E-state index contributed by atoms with van der Waals surface area (Å²) in [7, 11) is -3.49. The van der Waals surface area contributed by atoms with Gasteiger partial charge in [-0.3, -0.25) is 0 Å². The minimum absolute atomic E-state index is 0.0893. The molecule has 1 aromatic rings. The molecule has 7 heteroatoms. The van der Waals surface area contributed by atoms with Crippen LogP contribution in [0.4, 0.5) is 0 Å². The Kier molecular flexibility index (Phi) is 4.62. The van der Waals surface area contributed by atoms with Crippen LogP contribution in [0.2, 0.25) is 0 Å². The molecular weight excluding hydrogens is 286 g/mol. The van der Waals surface area contributed by atoms with Crippen LogP contribution in [0.5, 0.6) is 0 Å². The number of sulfonamides is 1. The molecule has 0 saturated carbocycles. The van der Waals surface area contributed by atoms with Gasteiger partial charge in [-0.2, -0.15) is 4.31 Å². The zero-order valence-electron chi connectivity index (χ0n) is 11.1. The van der Waals surface area contributed by atoms with Gasteiger partial charge in [-0.05, 0) is 26.3 Å². The molecule has 1 unspecified atom stereocenters. The lowest BCUT2D eigenvalue weighted by atomic mass is 10.4. The Bertz CT molecular complexity index is 538. The van der Waals surface area contributed by atoms with Crippen molar-refractivity contribution in [2.24, 2.45) is 0 Å². The van der Waals surface area contributed by atoms with Crippen molar-refractivity contribution in [2.75, 3.05) is 19.7 Å². The van der Waals surface area contributed by atoms with E-state index < -0.39 is 10.0 Å². The lowest BCUT2D eigenvalue weighted by Gasteiger charge is -2.21. The van der Waals surface area contributed by atoms with Crippen LogP contribution in [-0.2, 0) is 21.4 Å². The summed E-state index contributed by atoms with van der Waals surface area (Å²) in [5, 5.41) is 9.12. The van der Waals surface area contributed by atoms with Crippen molar-refractivity contribution in [3.63, 3.8) is 0 Å². The molecule has 2 rings (SSSR count). The van der Waals surface area contributed by atoms with Gasteiger partial charge in [-0.15, -0.1) is 11.3 Å². The Morgan fingerprint density at radius 2 is 2.32 bits per heavy atom. The van der Waals surface area contributed by atoms with Crippen LogP contribution in [0.3, 0.4) is 0 Å². The van der Waals surface area contributed by atoms with Crippen LogP contribution < -0.4 is 0 Å². The maximum Gasteiger partial charge on any atom is 0.244 e. The van der Waals surface area contributed by atoms with Crippen molar-refractivity contribution in [1.82, 2.24) is 4.31 Å². The Morgan fingerprint density at radius 1 is 1.58 bits per heavy atom. The summed E-state index contributed by atoms with van der Waals surface area (Å²) in [6, 6.07) is 1.58. The quantitative estimate of drug-likeness (QED) is 0.915. The molecule has 19 heavy (non-hydrogen) atoms. The highest BCUT2D eigenvalue weighted by Crippen LogP contribution is 2.29. The minimum atomic E-state index is -3.49. The molecule has 0 radical (unpaired) electrons. The highest BCUT2D eigenvalue weighted by atomic mass is 32.2. The van der Waals surface area contributed by atoms with Crippen LogP contribution >= 0.6 is 11.3 Å². The van der Waals surface area contributed by atoms with Crippen molar-refractivity contribution >= 4 is 21.4 Å². The lowest BCUT2D eigenvalue weighted by molar-refractivity contribution is 0.0752. The van der Waals surface area contributed by atoms with E-state index in [1.54, 1.807) is 13.0 Å². The number of thiophene rings is 1. The maximum absolute atomic E-state index is 12.6. The summed E-state index contributed by atoms with van der Waals surface area (Å²) in [5.74, 6) is 0. The molecule has 0 bridgehead atoms. The van der Waals surface area contributed by atoms with Gasteiger partial charge in [0, 0.05) is 29.5 Å². The van der Waals surface area contributed by atoms with Crippen molar-refractivity contribution in [3.05, 3.63) is 15.8 Å². The smallest absolute Gasteiger partial charge is 0.244 e. The molecule has 108 valence electrons. The third kappa shape index (κ3) is 3.17. The van der Waals surface area contributed by atoms with E-state index in [9.17, 15) is 8.42 Å². The normalized spacial score (nSPS) is 22.4. The highest BCUT2D eigenvalue weighted by molar-refractivity contribution is 7.89. The Morgan fingerprint density at radius 3 is 2.95 bits per heavy atom. The number of aliphatic hydroxyl groups is 1. The summed E-state index contributed by atoms with van der Waals surface area (Å²) in [5.41, 5.74) is 0. The molecule has 1 aromatic heterocycles. The molecule has 1 atom stereocenters. The van der Waals surface area contributed by atoms with E-state index in [1.165, 1.54) is 15.6 Å². The van der Waals surface area contributed by atoms with Gasteiger partial charge in [0.05, 0.1) is 17.6 Å². The second-order valence-electron chi connectivity index (χ2n) is 4.69. The first-order chi connectivity index (χ1) is 8.95. The molecule has 1 aliphatic rings. The zero-order valence-corrected chi connectivity index (χ0v) is 12.8. The van der Waals surface area contributed by atoms with Crippen LogP contribution in [0, 0.1) is 6.92 Å². The summed E-state index contributed by atoms with van der Waals surface area (Å²) in [4.78, 5) is 1.72. The predicted octanol–water partition coefficient (Wildman–Crippen LogP) is 1.35. The van der Waals surface area contributed by atoms with Gasteiger partial charge in [-0.25, -0.2) is 8.42 Å². The van der Waals surface area contributed by atoms with E-state index in [-0.39, 0.29) is 12.7 Å². The van der Waals surface area contributed by atoms with Crippen molar-refractivity contribution in [2.45, 2.75) is 37.9 Å². The van der Waals surface area contributed by atoms with E-state index in [2.05, 4.69) is 0 Å². The molecule has 0 aliphatic carbocycles. The predicted molar refractivity (Wildman–Crippen MR) is 73.8 cm³/mol. The Balaban J connectivity index is 2.32. The fraction of sp³-hybridized carbons (Fsp3) is 0.667. The van der Waals surface area contributed by atoms with E-state index in [1.807, 2.05) is 6.92 Å². The molecule has 0 amide bonds. The van der Waals surface area contributed by atoms with Gasteiger partial charge in [0.2, 0.25) is 10.0 Å². The first-order valence-corrected chi connectivity index (χ1v) is 8.52. The van der Waals surface area contributed by atoms with Gasteiger partial charge in [0.25, 0.3) is 0 Å². The fourth-order valence-corrected chi connectivity index (χ4v) is 5.19. The second kappa shape index (κ2) is 5.88. The summed E-state index contributed by atoms with van der Waals surface area (Å²) in [6.45, 7) is 4.99. The standard InChI is InChI=1S/C12H19NO4S2/c1-9-7-13(4-3-5-17-9)19(15,16)12-6-11(8-14)18-10(12)2/h6,9,14H,3-5,7-8H2,1-2H3. The average molecular weight is 305 g/mol. The topological polar surface area (TPSA) is 66.8 Å². The second-order valence-corrected chi connectivity index (χ2v) is 7.94. The van der Waals surface area contributed by atoms with Crippen LogP contribution in [0.15, 0.2) is 11.0 Å². The number of hydrogen-bond donors (Lipinski definition) is 1. The molecular formula is C12H19NO4S2. The summed E-state index contributed by atoms with van der Waals surface area (Å²) >= 11 is 1.32. The molecule has 0 spiro atoms. The lowest BCUT2D eigenvalue weighted by Crippen LogP contribution is -2.36. The van der Waals surface area contributed by atoms with Crippen molar-refractivity contribution in [1.29, 1.82) is 0 Å². The van der Waals surface area contributed by atoms with Gasteiger partial charge >= 0.3 is 0 Å².